The number of hydrogen-bond acceptors (Lipinski definition) is 3. The van der Waals surface area contributed by atoms with Gasteiger partial charge in [0.2, 0.25) is 5.88 Å². The van der Waals surface area contributed by atoms with Gasteiger partial charge < -0.3 is 10.5 Å². The van der Waals surface area contributed by atoms with Gasteiger partial charge >= 0.3 is 0 Å². The smallest absolute Gasteiger partial charge is 0.223 e. The predicted octanol–water partition coefficient (Wildman–Crippen LogP) is 3.03. The Morgan fingerprint density at radius 2 is 1.94 bits per heavy atom. The molecule has 1 aromatic heterocycles. The third-order valence-electron chi connectivity index (χ3n) is 2.32. The number of aromatic nitrogens is 1. The average molecular weight is 232 g/mol. The highest BCUT2D eigenvalue weighted by molar-refractivity contribution is 5.33. The van der Waals surface area contributed by atoms with Crippen LogP contribution in [0.2, 0.25) is 0 Å². The molecular weight excluding hydrogens is 219 g/mol. The van der Waals surface area contributed by atoms with Crippen molar-refractivity contribution >= 4 is 0 Å². The summed E-state index contributed by atoms with van der Waals surface area (Å²) in [6, 6.07) is 9.27. The second-order valence-corrected chi connectivity index (χ2v) is 3.74. The van der Waals surface area contributed by atoms with Crippen LogP contribution in [0.15, 0.2) is 42.6 Å². The Kier molecular flexibility index (Phi) is 3.35. The van der Waals surface area contributed by atoms with Gasteiger partial charge in [-0.3, -0.25) is 0 Å². The maximum absolute atomic E-state index is 12.7. The van der Waals surface area contributed by atoms with Gasteiger partial charge in [-0.25, -0.2) is 9.37 Å². The number of halogens is 1. The topological polar surface area (TPSA) is 48.1 Å². The Balaban J connectivity index is 2.26. The molecule has 0 radical (unpaired) electrons. The zero-order valence-electron chi connectivity index (χ0n) is 9.43. The molecule has 1 aromatic carbocycles. The van der Waals surface area contributed by atoms with E-state index in [1.165, 1.54) is 12.1 Å². The van der Waals surface area contributed by atoms with E-state index in [0.29, 0.717) is 11.6 Å². The lowest BCUT2D eigenvalue weighted by atomic mass is 10.1. The van der Waals surface area contributed by atoms with Gasteiger partial charge in [0.1, 0.15) is 11.6 Å². The van der Waals surface area contributed by atoms with Crippen molar-refractivity contribution in [3.63, 3.8) is 0 Å². The third kappa shape index (κ3) is 2.79. The Morgan fingerprint density at radius 1 is 1.24 bits per heavy atom. The van der Waals surface area contributed by atoms with Crippen molar-refractivity contribution in [1.82, 2.24) is 4.98 Å². The van der Waals surface area contributed by atoms with Gasteiger partial charge in [-0.1, -0.05) is 6.07 Å². The minimum Gasteiger partial charge on any atom is -0.439 e. The van der Waals surface area contributed by atoms with Gasteiger partial charge in [0.15, 0.2) is 0 Å². The minimum atomic E-state index is -0.300. The van der Waals surface area contributed by atoms with E-state index < -0.39 is 0 Å². The Bertz CT molecular complexity index is 497. The highest BCUT2D eigenvalue weighted by Gasteiger charge is 2.09. The molecule has 0 spiro atoms. The monoisotopic (exact) mass is 232 g/mol. The Labute approximate surface area is 99.1 Å². The standard InChI is InChI=1S/C13H13FN2O/c1-9(15)12-3-2-8-16-13(12)17-11-6-4-10(14)5-7-11/h2-9H,15H2,1H3/t9-/m0/s1. The van der Waals surface area contributed by atoms with Gasteiger partial charge in [0.25, 0.3) is 0 Å². The number of rotatable bonds is 3. The van der Waals surface area contributed by atoms with Gasteiger partial charge in [-0.2, -0.15) is 0 Å². The molecule has 0 aliphatic rings. The van der Waals surface area contributed by atoms with Crippen molar-refractivity contribution < 1.29 is 9.13 Å². The van der Waals surface area contributed by atoms with Crippen LogP contribution in [-0.4, -0.2) is 4.98 Å². The molecule has 17 heavy (non-hydrogen) atoms. The van der Waals surface area contributed by atoms with Crippen LogP contribution in [0.25, 0.3) is 0 Å². The summed E-state index contributed by atoms with van der Waals surface area (Å²) in [5, 5.41) is 0. The van der Waals surface area contributed by atoms with Crippen LogP contribution in [-0.2, 0) is 0 Å². The fourth-order valence-corrected chi connectivity index (χ4v) is 1.45. The number of pyridine rings is 1. The molecule has 0 saturated carbocycles. The molecule has 2 aromatic rings. The summed E-state index contributed by atoms with van der Waals surface area (Å²) in [5.74, 6) is 0.687. The quantitative estimate of drug-likeness (QED) is 0.884. The summed E-state index contributed by atoms with van der Waals surface area (Å²) in [7, 11) is 0. The lowest BCUT2D eigenvalue weighted by molar-refractivity contribution is 0.450. The van der Waals surface area contributed by atoms with Crippen LogP contribution in [0.4, 0.5) is 4.39 Å². The zero-order chi connectivity index (χ0) is 12.3. The number of ether oxygens (including phenoxy) is 1. The summed E-state index contributed by atoms with van der Waals surface area (Å²) >= 11 is 0. The van der Waals surface area contributed by atoms with Crippen LogP contribution in [0, 0.1) is 5.82 Å². The number of benzene rings is 1. The molecule has 0 unspecified atom stereocenters. The summed E-state index contributed by atoms with van der Waals surface area (Å²) in [4.78, 5) is 4.12. The van der Waals surface area contributed by atoms with Gasteiger partial charge in [0, 0.05) is 17.8 Å². The molecule has 0 aliphatic carbocycles. The van der Waals surface area contributed by atoms with E-state index in [-0.39, 0.29) is 11.9 Å². The largest absolute Gasteiger partial charge is 0.439 e. The van der Waals surface area contributed by atoms with Crippen molar-refractivity contribution in [2.24, 2.45) is 5.73 Å². The van der Waals surface area contributed by atoms with E-state index in [9.17, 15) is 4.39 Å². The molecule has 1 heterocycles. The predicted molar refractivity (Wildman–Crippen MR) is 63.3 cm³/mol. The van der Waals surface area contributed by atoms with Crippen LogP contribution >= 0.6 is 0 Å². The molecule has 0 bridgehead atoms. The normalized spacial score (nSPS) is 12.2. The van der Waals surface area contributed by atoms with E-state index in [1.807, 2.05) is 13.0 Å². The molecule has 2 N–H and O–H groups in total. The fraction of sp³-hybridized carbons (Fsp3) is 0.154. The van der Waals surface area contributed by atoms with E-state index >= 15 is 0 Å². The number of hydrogen-bond donors (Lipinski definition) is 1. The van der Waals surface area contributed by atoms with E-state index in [0.717, 1.165) is 5.56 Å². The molecular formula is C13H13FN2O. The highest BCUT2D eigenvalue weighted by Crippen LogP contribution is 2.26. The summed E-state index contributed by atoms with van der Waals surface area (Å²) in [5.41, 5.74) is 6.63. The second kappa shape index (κ2) is 4.93. The first kappa shape index (κ1) is 11.5. The van der Waals surface area contributed by atoms with Gasteiger partial charge in [0.05, 0.1) is 0 Å². The zero-order valence-corrected chi connectivity index (χ0v) is 9.43. The van der Waals surface area contributed by atoms with E-state index in [1.54, 1.807) is 24.4 Å². The minimum absolute atomic E-state index is 0.167. The number of nitrogens with zero attached hydrogens (tertiary/aromatic N) is 1. The maximum atomic E-state index is 12.7. The van der Waals surface area contributed by atoms with Crippen LogP contribution in [0.3, 0.4) is 0 Å². The van der Waals surface area contributed by atoms with Crippen molar-refractivity contribution in [1.29, 1.82) is 0 Å². The van der Waals surface area contributed by atoms with E-state index in [2.05, 4.69) is 4.98 Å². The van der Waals surface area contributed by atoms with E-state index in [4.69, 9.17) is 10.5 Å². The number of nitrogens with two attached hydrogens (primary N) is 1. The first-order valence-electron chi connectivity index (χ1n) is 5.31. The molecule has 0 amide bonds. The molecule has 0 saturated heterocycles. The Hall–Kier alpha value is -1.94. The highest BCUT2D eigenvalue weighted by atomic mass is 19.1. The third-order valence-corrected chi connectivity index (χ3v) is 2.32. The molecule has 0 fully saturated rings. The lowest BCUT2D eigenvalue weighted by Gasteiger charge is -2.11. The summed E-state index contributed by atoms with van der Waals surface area (Å²) in [6.45, 7) is 1.86. The molecule has 0 aliphatic heterocycles. The molecule has 3 nitrogen and oxygen atoms in total. The summed E-state index contributed by atoms with van der Waals surface area (Å²) in [6.07, 6.45) is 1.63. The second-order valence-electron chi connectivity index (χ2n) is 3.74. The molecule has 4 heteroatoms. The lowest BCUT2D eigenvalue weighted by Crippen LogP contribution is -2.07. The maximum Gasteiger partial charge on any atom is 0.223 e. The molecule has 2 rings (SSSR count). The van der Waals surface area contributed by atoms with Crippen LogP contribution < -0.4 is 10.5 Å². The first-order chi connectivity index (χ1) is 8.16. The van der Waals surface area contributed by atoms with Crippen molar-refractivity contribution in [3.05, 3.63) is 54.0 Å². The fourth-order valence-electron chi connectivity index (χ4n) is 1.45. The van der Waals surface area contributed by atoms with Gasteiger partial charge in [-0.15, -0.1) is 0 Å². The average Bonchev–Trinajstić information content (AvgIpc) is 2.32. The van der Waals surface area contributed by atoms with Crippen LogP contribution in [0.5, 0.6) is 11.6 Å². The van der Waals surface area contributed by atoms with Gasteiger partial charge in [-0.05, 0) is 37.3 Å². The molecule has 1 atom stereocenters. The van der Waals surface area contributed by atoms with Crippen LogP contribution in [0.1, 0.15) is 18.5 Å². The van der Waals surface area contributed by atoms with Crippen molar-refractivity contribution in [2.75, 3.05) is 0 Å². The Morgan fingerprint density at radius 3 is 2.59 bits per heavy atom. The summed E-state index contributed by atoms with van der Waals surface area (Å²) < 4.78 is 18.3. The van der Waals surface area contributed by atoms with Crippen molar-refractivity contribution in [3.8, 4) is 11.6 Å². The van der Waals surface area contributed by atoms with Crippen molar-refractivity contribution in [2.45, 2.75) is 13.0 Å². The SMILES string of the molecule is C[C@H](N)c1cccnc1Oc1ccc(F)cc1. The first-order valence-corrected chi connectivity index (χ1v) is 5.31. The molecule has 88 valence electrons.